The van der Waals surface area contributed by atoms with Gasteiger partial charge in [-0.15, -0.1) is 0 Å². The van der Waals surface area contributed by atoms with Gasteiger partial charge >= 0.3 is 0 Å². The number of anilines is 3. The lowest BCUT2D eigenvalue weighted by atomic mass is 10.0. The van der Waals surface area contributed by atoms with Crippen LogP contribution >= 0.6 is 35.0 Å². The summed E-state index contributed by atoms with van der Waals surface area (Å²) in [5, 5.41) is 13.7. The Kier molecular flexibility index (Phi) is 12.7. The zero-order chi connectivity index (χ0) is 29.8. The Morgan fingerprint density at radius 2 is 1.93 bits per heavy atom. The van der Waals surface area contributed by atoms with Gasteiger partial charge in [-0.25, -0.2) is 9.97 Å². The molecule has 1 N–H and O–H groups in total. The molecule has 0 bridgehead atoms. The van der Waals surface area contributed by atoms with Crippen molar-refractivity contribution in [1.82, 2.24) is 19.9 Å². The topological polar surface area (TPSA) is 107 Å². The summed E-state index contributed by atoms with van der Waals surface area (Å²) in [6, 6.07) is 9.06. The second kappa shape index (κ2) is 16.2. The first-order valence-corrected chi connectivity index (χ1v) is 15.1. The normalized spacial score (nSPS) is 13.4. The van der Waals surface area contributed by atoms with Gasteiger partial charge in [0.05, 0.1) is 11.9 Å². The average Bonchev–Trinajstić information content (AvgIpc) is 2.99. The van der Waals surface area contributed by atoms with Crippen molar-refractivity contribution in [2.24, 2.45) is 0 Å². The Morgan fingerprint density at radius 3 is 2.59 bits per heavy atom. The van der Waals surface area contributed by atoms with Gasteiger partial charge in [-0.2, -0.15) is 22.0 Å². The SMILES string of the molecule is C/C(=C\c1cnc(Nc2cnc(OCCN3CCSCC3)c(C#N)c2)nc1N(C)C=O)c1c(Cl)cccc1Cl.CC. The maximum absolute atomic E-state index is 11.6. The van der Waals surface area contributed by atoms with E-state index in [1.165, 1.54) is 4.90 Å². The highest BCUT2D eigenvalue weighted by atomic mass is 35.5. The second-order valence-corrected chi connectivity index (χ2v) is 10.8. The summed E-state index contributed by atoms with van der Waals surface area (Å²) in [5.74, 6) is 3.13. The van der Waals surface area contributed by atoms with Crippen molar-refractivity contribution in [2.45, 2.75) is 20.8 Å². The van der Waals surface area contributed by atoms with Crippen LogP contribution in [0.2, 0.25) is 10.0 Å². The van der Waals surface area contributed by atoms with E-state index in [0.29, 0.717) is 51.3 Å². The molecule has 1 fully saturated rings. The molecule has 0 spiro atoms. The van der Waals surface area contributed by atoms with E-state index in [9.17, 15) is 10.1 Å². The van der Waals surface area contributed by atoms with Gasteiger partial charge in [-0.3, -0.25) is 9.69 Å². The zero-order valence-corrected chi connectivity index (χ0v) is 25.9. The number of carbonyl (C=O) groups excluding carboxylic acids is 1. The number of amides is 1. The van der Waals surface area contributed by atoms with E-state index in [-0.39, 0.29) is 11.8 Å². The fourth-order valence-corrected chi connectivity index (χ4v) is 5.67. The number of allylic oxidation sites excluding steroid dienone is 1. The summed E-state index contributed by atoms with van der Waals surface area (Å²) in [5.41, 5.74) is 2.87. The van der Waals surface area contributed by atoms with E-state index in [1.54, 1.807) is 43.7 Å². The summed E-state index contributed by atoms with van der Waals surface area (Å²) in [6.07, 6.45) is 5.62. The molecule has 12 heteroatoms. The van der Waals surface area contributed by atoms with Gasteiger partial charge in [-0.1, -0.05) is 43.1 Å². The Balaban J connectivity index is 0.00000226. The standard InChI is InChI=1S/C27H27Cl2N7O2S.C2H6/c1-18(24-22(28)4-3-5-23(24)29)12-20-15-32-27(34-25(20)35(2)17-37)33-21-13-19(14-30)26(31-16-21)38-9-6-36-7-10-39-11-8-36;1-2/h3-5,12-13,15-17H,6-11H2,1-2H3,(H,32,33,34);1-2H3/b18-12+;. The van der Waals surface area contributed by atoms with Crippen LogP contribution in [0.25, 0.3) is 11.6 Å². The number of halogens is 2. The van der Waals surface area contributed by atoms with Crippen molar-refractivity contribution in [3.8, 4) is 11.9 Å². The summed E-state index contributed by atoms with van der Waals surface area (Å²) >= 11 is 14.7. The molecule has 1 saturated heterocycles. The smallest absolute Gasteiger partial charge is 0.231 e. The molecule has 2 aromatic heterocycles. The molecule has 3 heterocycles. The third-order valence-electron chi connectivity index (χ3n) is 5.99. The maximum Gasteiger partial charge on any atom is 0.231 e. The number of nitrogens with zero attached hydrogens (tertiary/aromatic N) is 6. The highest BCUT2D eigenvalue weighted by molar-refractivity contribution is 7.99. The monoisotopic (exact) mass is 613 g/mol. The molecule has 0 radical (unpaired) electrons. The van der Waals surface area contributed by atoms with Crippen LogP contribution in [0.3, 0.4) is 0 Å². The maximum atomic E-state index is 11.6. The number of ether oxygens (including phenoxy) is 1. The second-order valence-electron chi connectivity index (χ2n) is 8.73. The predicted molar refractivity (Wildman–Crippen MR) is 169 cm³/mol. The number of rotatable bonds is 10. The minimum absolute atomic E-state index is 0.228. The summed E-state index contributed by atoms with van der Waals surface area (Å²) in [7, 11) is 1.60. The number of nitriles is 1. The molecule has 9 nitrogen and oxygen atoms in total. The molecular formula is C29H33Cl2N7O2S. The van der Waals surface area contributed by atoms with Gasteiger partial charge in [-0.05, 0) is 36.8 Å². The van der Waals surface area contributed by atoms with Crippen LogP contribution in [0.5, 0.6) is 5.88 Å². The number of hydrogen-bond donors (Lipinski definition) is 1. The molecule has 1 amide bonds. The van der Waals surface area contributed by atoms with Gasteiger partial charge in [0.15, 0.2) is 0 Å². The number of hydrogen-bond acceptors (Lipinski definition) is 9. The van der Waals surface area contributed by atoms with Gasteiger partial charge < -0.3 is 15.0 Å². The highest BCUT2D eigenvalue weighted by Crippen LogP contribution is 2.33. The number of aromatic nitrogens is 3. The predicted octanol–water partition coefficient (Wildman–Crippen LogP) is 6.40. The van der Waals surface area contributed by atoms with E-state index >= 15 is 0 Å². The van der Waals surface area contributed by atoms with Crippen molar-refractivity contribution in [1.29, 1.82) is 5.26 Å². The molecule has 0 aliphatic carbocycles. The third-order valence-corrected chi connectivity index (χ3v) is 7.57. The number of benzene rings is 1. The highest BCUT2D eigenvalue weighted by Gasteiger charge is 2.15. The molecule has 41 heavy (non-hydrogen) atoms. The van der Waals surface area contributed by atoms with Crippen LogP contribution < -0.4 is 15.0 Å². The van der Waals surface area contributed by atoms with Crippen molar-refractivity contribution in [3.05, 3.63) is 63.4 Å². The van der Waals surface area contributed by atoms with Gasteiger partial charge in [0.25, 0.3) is 0 Å². The van der Waals surface area contributed by atoms with E-state index in [0.717, 1.165) is 36.7 Å². The van der Waals surface area contributed by atoms with Gasteiger partial charge in [0, 0.05) is 65.6 Å². The van der Waals surface area contributed by atoms with Crippen LogP contribution in [0.1, 0.15) is 37.5 Å². The first-order valence-electron chi connectivity index (χ1n) is 13.2. The summed E-state index contributed by atoms with van der Waals surface area (Å²) in [6.45, 7) is 9.19. The van der Waals surface area contributed by atoms with Crippen LogP contribution in [-0.2, 0) is 4.79 Å². The lowest BCUT2D eigenvalue weighted by Gasteiger charge is -2.25. The lowest BCUT2D eigenvalue weighted by molar-refractivity contribution is -0.107. The first kappa shape index (κ1) is 32.2. The molecule has 4 rings (SSSR count). The fraction of sp³-hybridized carbons (Fsp3) is 0.345. The van der Waals surface area contributed by atoms with Crippen molar-refractivity contribution in [3.63, 3.8) is 0 Å². The molecule has 1 aliphatic rings. The van der Waals surface area contributed by atoms with E-state index in [1.807, 2.05) is 38.6 Å². The van der Waals surface area contributed by atoms with E-state index < -0.39 is 0 Å². The fourth-order valence-electron chi connectivity index (χ4n) is 4.00. The molecule has 0 saturated carbocycles. The van der Waals surface area contributed by atoms with E-state index in [4.69, 9.17) is 27.9 Å². The van der Waals surface area contributed by atoms with Crippen molar-refractivity contribution in [2.75, 3.05) is 55.0 Å². The molecular weight excluding hydrogens is 581 g/mol. The molecule has 216 valence electrons. The minimum atomic E-state index is 0.228. The lowest BCUT2D eigenvalue weighted by Crippen LogP contribution is -2.35. The molecule has 1 aliphatic heterocycles. The van der Waals surface area contributed by atoms with E-state index in [2.05, 4.69) is 31.2 Å². The minimum Gasteiger partial charge on any atom is -0.475 e. The molecule has 0 atom stereocenters. The van der Waals surface area contributed by atoms with Crippen molar-refractivity contribution < 1.29 is 9.53 Å². The summed E-state index contributed by atoms with van der Waals surface area (Å²) < 4.78 is 5.80. The van der Waals surface area contributed by atoms with Gasteiger partial charge in [0.2, 0.25) is 18.2 Å². The number of thioether (sulfide) groups is 1. The summed E-state index contributed by atoms with van der Waals surface area (Å²) in [4.78, 5) is 28.5. The number of pyridine rings is 1. The third kappa shape index (κ3) is 8.81. The molecule has 1 aromatic carbocycles. The quantitative estimate of drug-likeness (QED) is 0.260. The number of carbonyl (C=O) groups is 1. The largest absolute Gasteiger partial charge is 0.475 e. The Morgan fingerprint density at radius 1 is 1.22 bits per heavy atom. The van der Waals surface area contributed by atoms with Crippen LogP contribution in [0, 0.1) is 11.3 Å². The number of nitrogens with one attached hydrogen (secondary N) is 1. The van der Waals surface area contributed by atoms with Crippen LogP contribution in [0.15, 0.2) is 36.7 Å². The van der Waals surface area contributed by atoms with Crippen LogP contribution in [0.4, 0.5) is 17.5 Å². The van der Waals surface area contributed by atoms with Gasteiger partial charge in [0.1, 0.15) is 24.1 Å². The molecule has 3 aromatic rings. The first-order chi connectivity index (χ1) is 19.9. The zero-order valence-electron chi connectivity index (χ0n) is 23.5. The van der Waals surface area contributed by atoms with Crippen molar-refractivity contribution >= 4 is 70.5 Å². The molecule has 0 unspecified atom stereocenters. The Hall–Kier alpha value is -3.36. The Labute approximate surface area is 255 Å². The van der Waals surface area contributed by atoms with Crippen LogP contribution in [-0.4, -0.2) is 71.1 Å². The average molecular weight is 615 g/mol. The Bertz CT molecular complexity index is 1390.